The number of allylic oxidation sites excluding steroid dienone is 2. The topological polar surface area (TPSA) is 32.7 Å². The molecule has 0 atom stereocenters. The average Bonchev–Trinajstić information content (AvgIpc) is 2.16. The fourth-order valence-electron chi connectivity index (χ4n) is 0.840. The van der Waals surface area contributed by atoms with Crippen LogP contribution < -0.4 is 0 Å². The zero-order chi connectivity index (χ0) is 9.94. The number of hydrogen-bond acceptors (Lipinski definition) is 2. The molecule has 3 heteroatoms. The van der Waals surface area contributed by atoms with E-state index in [2.05, 4.69) is 18.1 Å². The molecule has 74 valence electrons. The van der Waals surface area contributed by atoms with E-state index < -0.39 is 0 Å². The molecule has 13 heavy (non-hydrogen) atoms. The van der Waals surface area contributed by atoms with Gasteiger partial charge in [0, 0.05) is 13.3 Å². The van der Waals surface area contributed by atoms with Crippen molar-refractivity contribution in [1.29, 1.82) is 0 Å². The zero-order valence-corrected chi connectivity index (χ0v) is 8.44. The number of amides is 1. The first-order valence-electron chi connectivity index (χ1n) is 4.68. The first-order chi connectivity index (χ1) is 6.31. The molecule has 0 radical (unpaired) electrons. The van der Waals surface area contributed by atoms with E-state index in [1.807, 2.05) is 6.08 Å². The first-order valence-corrected chi connectivity index (χ1v) is 4.68. The van der Waals surface area contributed by atoms with Crippen LogP contribution in [-0.2, 0) is 4.79 Å². The van der Waals surface area contributed by atoms with Crippen molar-refractivity contribution in [3.63, 3.8) is 0 Å². The predicted octanol–water partition coefficient (Wildman–Crippen LogP) is 2.20. The van der Waals surface area contributed by atoms with Crippen LogP contribution in [-0.4, -0.2) is 24.7 Å². The molecule has 0 aliphatic heterocycles. The molecule has 0 spiro atoms. The van der Waals surface area contributed by atoms with Crippen molar-refractivity contribution in [3.05, 3.63) is 12.2 Å². The van der Waals surface area contributed by atoms with Crippen LogP contribution in [0.3, 0.4) is 0 Å². The van der Waals surface area contributed by atoms with Crippen LogP contribution in [0.15, 0.2) is 17.3 Å². The summed E-state index contributed by atoms with van der Waals surface area (Å²) in [6.45, 7) is 2.18. The summed E-state index contributed by atoms with van der Waals surface area (Å²) in [7, 11) is 1.61. The van der Waals surface area contributed by atoms with Crippen molar-refractivity contribution in [3.8, 4) is 0 Å². The van der Waals surface area contributed by atoms with Crippen molar-refractivity contribution in [2.45, 2.75) is 32.6 Å². The quantitative estimate of drug-likeness (QED) is 0.257. The SMILES string of the molecule is CCCCC/C=C\C=N\N(C)C=O. The molecule has 0 rings (SSSR count). The van der Waals surface area contributed by atoms with Gasteiger partial charge in [-0.3, -0.25) is 4.79 Å². The molecule has 0 saturated carbocycles. The summed E-state index contributed by atoms with van der Waals surface area (Å²) in [6.07, 6.45) is 11.1. The van der Waals surface area contributed by atoms with Gasteiger partial charge in [-0.25, -0.2) is 5.01 Å². The largest absolute Gasteiger partial charge is 0.277 e. The van der Waals surface area contributed by atoms with E-state index in [-0.39, 0.29) is 0 Å². The summed E-state index contributed by atoms with van der Waals surface area (Å²) >= 11 is 0. The van der Waals surface area contributed by atoms with Crippen LogP contribution in [0.5, 0.6) is 0 Å². The maximum absolute atomic E-state index is 10.1. The summed E-state index contributed by atoms with van der Waals surface area (Å²) < 4.78 is 0. The van der Waals surface area contributed by atoms with Crippen LogP contribution in [0.4, 0.5) is 0 Å². The number of hydrogen-bond donors (Lipinski definition) is 0. The highest BCUT2D eigenvalue weighted by molar-refractivity contribution is 5.71. The van der Waals surface area contributed by atoms with Crippen molar-refractivity contribution in [2.24, 2.45) is 5.10 Å². The zero-order valence-electron chi connectivity index (χ0n) is 8.44. The minimum Gasteiger partial charge on any atom is -0.277 e. The lowest BCUT2D eigenvalue weighted by atomic mass is 10.2. The number of unbranched alkanes of at least 4 members (excludes halogenated alkanes) is 3. The second kappa shape index (κ2) is 8.97. The van der Waals surface area contributed by atoms with Crippen molar-refractivity contribution >= 4 is 12.6 Å². The van der Waals surface area contributed by atoms with Crippen LogP contribution in [0, 0.1) is 0 Å². The van der Waals surface area contributed by atoms with Crippen molar-refractivity contribution in [1.82, 2.24) is 5.01 Å². The highest BCUT2D eigenvalue weighted by Gasteiger charge is 1.81. The van der Waals surface area contributed by atoms with Gasteiger partial charge in [-0.05, 0) is 18.9 Å². The van der Waals surface area contributed by atoms with Gasteiger partial charge in [0.25, 0.3) is 0 Å². The number of carbonyl (C=O) groups excluding carboxylic acids is 1. The molecule has 1 amide bonds. The Bertz CT molecular complexity index is 176. The number of nitrogens with zero attached hydrogens (tertiary/aromatic N) is 2. The average molecular weight is 182 g/mol. The Balaban J connectivity index is 3.39. The fourth-order valence-corrected chi connectivity index (χ4v) is 0.840. The Kier molecular flexibility index (Phi) is 8.20. The number of rotatable bonds is 7. The molecule has 0 unspecified atom stereocenters. The molecule has 0 N–H and O–H groups in total. The normalized spacial score (nSPS) is 11.2. The highest BCUT2D eigenvalue weighted by atomic mass is 16.1. The molecule has 0 saturated heterocycles. The number of carbonyl (C=O) groups is 1. The highest BCUT2D eigenvalue weighted by Crippen LogP contribution is 1.98. The number of hydrazone groups is 1. The van der Waals surface area contributed by atoms with E-state index in [0.29, 0.717) is 6.41 Å². The van der Waals surface area contributed by atoms with Gasteiger partial charge in [-0.2, -0.15) is 5.10 Å². The molecular weight excluding hydrogens is 164 g/mol. The molecule has 0 aromatic carbocycles. The van der Waals surface area contributed by atoms with Crippen LogP contribution in [0.25, 0.3) is 0 Å². The van der Waals surface area contributed by atoms with E-state index in [1.165, 1.54) is 24.3 Å². The van der Waals surface area contributed by atoms with Gasteiger partial charge in [0.05, 0.1) is 0 Å². The molecule has 0 aromatic heterocycles. The molecule has 0 heterocycles. The van der Waals surface area contributed by atoms with Gasteiger partial charge in [0.2, 0.25) is 6.41 Å². The van der Waals surface area contributed by atoms with E-state index in [1.54, 1.807) is 13.3 Å². The van der Waals surface area contributed by atoms with Gasteiger partial charge < -0.3 is 0 Å². The van der Waals surface area contributed by atoms with E-state index in [0.717, 1.165) is 6.42 Å². The third kappa shape index (κ3) is 8.79. The molecular formula is C10H18N2O. The van der Waals surface area contributed by atoms with Crippen LogP contribution >= 0.6 is 0 Å². The Morgan fingerprint density at radius 1 is 1.38 bits per heavy atom. The maximum Gasteiger partial charge on any atom is 0.229 e. The van der Waals surface area contributed by atoms with E-state index in [4.69, 9.17) is 0 Å². The maximum atomic E-state index is 10.1. The fraction of sp³-hybridized carbons (Fsp3) is 0.600. The Hall–Kier alpha value is -1.12. The van der Waals surface area contributed by atoms with Crippen molar-refractivity contribution in [2.75, 3.05) is 7.05 Å². The second-order valence-corrected chi connectivity index (χ2v) is 2.87. The lowest BCUT2D eigenvalue weighted by Crippen LogP contribution is -2.06. The summed E-state index contributed by atoms with van der Waals surface area (Å²) in [5.41, 5.74) is 0. The lowest BCUT2D eigenvalue weighted by Gasteiger charge is -1.97. The molecule has 0 aliphatic rings. The minimum atomic E-state index is 0.668. The predicted molar refractivity (Wildman–Crippen MR) is 55.6 cm³/mol. The standard InChI is InChI=1S/C10H18N2O/c1-3-4-5-6-7-8-9-11-12(2)10-13/h7-10H,3-6H2,1-2H3/b8-7-,11-9+. The molecule has 0 fully saturated rings. The third-order valence-corrected chi connectivity index (χ3v) is 1.60. The molecule has 0 aromatic rings. The Labute approximate surface area is 80.1 Å². The second-order valence-electron chi connectivity index (χ2n) is 2.87. The lowest BCUT2D eigenvalue weighted by molar-refractivity contribution is -0.116. The van der Waals surface area contributed by atoms with Gasteiger partial charge >= 0.3 is 0 Å². The first kappa shape index (κ1) is 11.9. The molecule has 0 bridgehead atoms. The Morgan fingerprint density at radius 3 is 2.77 bits per heavy atom. The summed E-state index contributed by atoms with van der Waals surface area (Å²) in [6, 6.07) is 0. The summed E-state index contributed by atoms with van der Waals surface area (Å²) in [5, 5.41) is 5.05. The van der Waals surface area contributed by atoms with Gasteiger partial charge in [-0.15, -0.1) is 0 Å². The van der Waals surface area contributed by atoms with E-state index in [9.17, 15) is 4.79 Å². The van der Waals surface area contributed by atoms with E-state index >= 15 is 0 Å². The summed E-state index contributed by atoms with van der Waals surface area (Å²) in [5.74, 6) is 0. The minimum absolute atomic E-state index is 0.668. The monoisotopic (exact) mass is 182 g/mol. The molecule has 0 aliphatic carbocycles. The third-order valence-electron chi connectivity index (χ3n) is 1.60. The van der Waals surface area contributed by atoms with Crippen molar-refractivity contribution < 1.29 is 4.79 Å². The van der Waals surface area contributed by atoms with Gasteiger partial charge in [0.15, 0.2) is 0 Å². The molecule has 3 nitrogen and oxygen atoms in total. The van der Waals surface area contributed by atoms with Crippen LogP contribution in [0.2, 0.25) is 0 Å². The Morgan fingerprint density at radius 2 is 2.15 bits per heavy atom. The summed E-state index contributed by atoms with van der Waals surface area (Å²) in [4.78, 5) is 10.1. The smallest absolute Gasteiger partial charge is 0.229 e. The van der Waals surface area contributed by atoms with Crippen LogP contribution in [0.1, 0.15) is 32.6 Å². The van der Waals surface area contributed by atoms with Gasteiger partial charge in [-0.1, -0.05) is 25.8 Å². The van der Waals surface area contributed by atoms with Gasteiger partial charge in [0.1, 0.15) is 0 Å².